The number of hydrogen-bond donors (Lipinski definition) is 1. The SMILES string of the molecule is COC(=O)c1occc1CNCCOCC(F)F. The second-order valence-corrected chi connectivity index (χ2v) is 3.41. The maximum Gasteiger partial charge on any atom is 0.374 e. The highest BCUT2D eigenvalue weighted by Gasteiger charge is 2.14. The van der Waals surface area contributed by atoms with Crippen LogP contribution in [0.25, 0.3) is 0 Å². The van der Waals surface area contributed by atoms with Gasteiger partial charge in [-0.1, -0.05) is 0 Å². The number of methoxy groups -OCH3 is 1. The van der Waals surface area contributed by atoms with Crippen molar-refractivity contribution >= 4 is 5.97 Å². The van der Waals surface area contributed by atoms with E-state index in [0.29, 0.717) is 18.7 Å². The quantitative estimate of drug-likeness (QED) is 0.568. The highest BCUT2D eigenvalue weighted by atomic mass is 19.3. The molecule has 1 aromatic rings. The summed E-state index contributed by atoms with van der Waals surface area (Å²) in [6.07, 6.45) is -1.07. The number of halogens is 2. The Balaban J connectivity index is 2.23. The van der Waals surface area contributed by atoms with Crippen LogP contribution in [-0.2, 0) is 16.0 Å². The third-order valence-electron chi connectivity index (χ3n) is 2.10. The third kappa shape index (κ3) is 4.80. The Morgan fingerprint density at radius 3 is 3.00 bits per heavy atom. The molecule has 102 valence electrons. The van der Waals surface area contributed by atoms with Crippen molar-refractivity contribution in [1.29, 1.82) is 0 Å². The van der Waals surface area contributed by atoms with Gasteiger partial charge in [-0.2, -0.15) is 0 Å². The summed E-state index contributed by atoms with van der Waals surface area (Å²) in [5, 5.41) is 2.94. The van der Waals surface area contributed by atoms with E-state index < -0.39 is 19.0 Å². The number of rotatable bonds is 8. The van der Waals surface area contributed by atoms with Gasteiger partial charge in [-0.05, 0) is 6.07 Å². The van der Waals surface area contributed by atoms with E-state index in [9.17, 15) is 13.6 Å². The van der Waals surface area contributed by atoms with Gasteiger partial charge < -0.3 is 19.2 Å². The van der Waals surface area contributed by atoms with Crippen LogP contribution in [0.15, 0.2) is 16.7 Å². The number of hydrogen-bond acceptors (Lipinski definition) is 5. The average molecular weight is 263 g/mol. The number of alkyl halides is 2. The number of ether oxygens (including phenoxy) is 2. The van der Waals surface area contributed by atoms with Crippen molar-refractivity contribution in [3.63, 3.8) is 0 Å². The van der Waals surface area contributed by atoms with E-state index in [4.69, 9.17) is 4.42 Å². The summed E-state index contributed by atoms with van der Waals surface area (Å²) in [5.74, 6) is -0.413. The smallest absolute Gasteiger partial charge is 0.374 e. The van der Waals surface area contributed by atoms with E-state index in [0.717, 1.165) is 0 Å². The van der Waals surface area contributed by atoms with Crippen molar-refractivity contribution in [2.45, 2.75) is 13.0 Å². The Morgan fingerprint density at radius 1 is 1.56 bits per heavy atom. The first-order chi connectivity index (χ1) is 8.65. The van der Waals surface area contributed by atoms with Gasteiger partial charge in [-0.15, -0.1) is 0 Å². The van der Waals surface area contributed by atoms with Crippen molar-refractivity contribution in [3.05, 3.63) is 23.7 Å². The first-order valence-corrected chi connectivity index (χ1v) is 5.36. The molecule has 0 saturated carbocycles. The maximum atomic E-state index is 11.7. The molecule has 1 heterocycles. The highest BCUT2D eigenvalue weighted by molar-refractivity contribution is 5.87. The summed E-state index contributed by atoms with van der Waals surface area (Å²) in [6.45, 7) is 0.383. The molecule has 18 heavy (non-hydrogen) atoms. The van der Waals surface area contributed by atoms with Crippen LogP contribution in [-0.4, -0.2) is 39.3 Å². The second kappa shape index (κ2) is 7.78. The molecule has 0 saturated heterocycles. The van der Waals surface area contributed by atoms with Gasteiger partial charge in [0.15, 0.2) is 0 Å². The van der Waals surface area contributed by atoms with Crippen molar-refractivity contribution in [2.24, 2.45) is 0 Å². The van der Waals surface area contributed by atoms with Gasteiger partial charge in [-0.3, -0.25) is 0 Å². The number of carbonyl (C=O) groups is 1. The average Bonchev–Trinajstić information content (AvgIpc) is 2.80. The fourth-order valence-corrected chi connectivity index (χ4v) is 1.29. The number of nitrogens with one attached hydrogen (secondary N) is 1. The fraction of sp³-hybridized carbons (Fsp3) is 0.545. The lowest BCUT2D eigenvalue weighted by Gasteiger charge is -2.05. The monoisotopic (exact) mass is 263 g/mol. The molecule has 0 aliphatic heterocycles. The molecule has 0 aliphatic rings. The molecule has 7 heteroatoms. The lowest BCUT2D eigenvalue weighted by atomic mass is 10.2. The Morgan fingerprint density at radius 2 is 2.33 bits per heavy atom. The normalized spacial score (nSPS) is 10.9. The van der Waals surface area contributed by atoms with Crippen molar-refractivity contribution < 1.29 is 27.5 Å². The molecule has 0 aliphatic carbocycles. The van der Waals surface area contributed by atoms with Gasteiger partial charge >= 0.3 is 5.97 Å². The van der Waals surface area contributed by atoms with Crippen LogP contribution in [0.1, 0.15) is 16.1 Å². The number of esters is 1. The fourth-order valence-electron chi connectivity index (χ4n) is 1.29. The number of furan rings is 1. The standard InChI is InChI=1S/C11H15F2NO4/c1-16-11(15)10-8(2-4-18-10)6-14-3-5-17-7-9(12)13/h2,4,9,14H,3,5-7H2,1H3. The summed E-state index contributed by atoms with van der Waals surface area (Å²) >= 11 is 0. The highest BCUT2D eigenvalue weighted by Crippen LogP contribution is 2.11. The molecule has 5 nitrogen and oxygen atoms in total. The van der Waals surface area contributed by atoms with Crippen LogP contribution < -0.4 is 5.32 Å². The zero-order chi connectivity index (χ0) is 13.4. The molecular formula is C11H15F2NO4. The van der Waals surface area contributed by atoms with Crippen molar-refractivity contribution in [1.82, 2.24) is 5.32 Å². The minimum atomic E-state index is -2.45. The van der Waals surface area contributed by atoms with Crippen molar-refractivity contribution in [2.75, 3.05) is 26.9 Å². The van der Waals surface area contributed by atoms with E-state index in [1.165, 1.54) is 13.4 Å². The van der Waals surface area contributed by atoms with Crippen LogP contribution in [0.4, 0.5) is 8.78 Å². The van der Waals surface area contributed by atoms with Crippen LogP contribution >= 0.6 is 0 Å². The predicted octanol–water partition coefficient (Wildman–Crippen LogP) is 1.44. The molecule has 0 radical (unpaired) electrons. The minimum absolute atomic E-state index is 0.137. The molecule has 0 atom stereocenters. The largest absolute Gasteiger partial charge is 0.463 e. The first-order valence-electron chi connectivity index (χ1n) is 5.36. The van der Waals surface area contributed by atoms with Gasteiger partial charge in [0, 0.05) is 18.7 Å². The van der Waals surface area contributed by atoms with Crippen LogP contribution in [0.2, 0.25) is 0 Å². The van der Waals surface area contributed by atoms with Crippen LogP contribution in [0.5, 0.6) is 0 Å². The van der Waals surface area contributed by atoms with E-state index in [1.54, 1.807) is 6.07 Å². The lowest BCUT2D eigenvalue weighted by molar-refractivity contribution is 0.0187. The molecular weight excluding hydrogens is 248 g/mol. The Bertz CT molecular complexity index is 368. The molecule has 0 aromatic carbocycles. The molecule has 0 fully saturated rings. The summed E-state index contributed by atoms with van der Waals surface area (Å²) in [6, 6.07) is 1.64. The van der Waals surface area contributed by atoms with Gasteiger partial charge in [0.25, 0.3) is 6.43 Å². The summed E-state index contributed by atoms with van der Waals surface area (Å²) in [4.78, 5) is 11.3. The van der Waals surface area contributed by atoms with E-state index in [1.807, 2.05) is 0 Å². The topological polar surface area (TPSA) is 60.7 Å². The number of carbonyl (C=O) groups excluding carboxylic acids is 1. The van der Waals surface area contributed by atoms with Gasteiger partial charge in [0.05, 0.1) is 20.0 Å². The molecule has 0 amide bonds. The molecule has 1 aromatic heterocycles. The Hall–Kier alpha value is -1.47. The van der Waals surface area contributed by atoms with E-state index in [-0.39, 0.29) is 12.4 Å². The molecule has 1 rings (SSSR count). The minimum Gasteiger partial charge on any atom is -0.463 e. The predicted molar refractivity (Wildman–Crippen MR) is 58.6 cm³/mol. The van der Waals surface area contributed by atoms with Gasteiger partial charge in [0.1, 0.15) is 6.61 Å². The zero-order valence-electron chi connectivity index (χ0n) is 9.95. The van der Waals surface area contributed by atoms with E-state index in [2.05, 4.69) is 14.8 Å². The third-order valence-corrected chi connectivity index (χ3v) is 2.10. The Labute approximate surface area is 103 Å². The van der Waals surface area contributed by atoms with Crippen LogP contribution in [0.3, 0.4) is 0 Å². The molecule has 0 bridgehead atoms. The molecule has 0 spiro atoms. The summed E-state index contributed by atoms with van der Waals surface area (Å²) < 4.78 is 37.7. The summed E-state index contributed by atoms with van der Waals surface area (Å²) in [7, 11) is 1.26. The second-order valence-electron chi connectivity index (χ2n) is 3.41. The summed E-state index contributed by atoms with van der Waals surface area (Å²) in [5.41, 5.74) is 0.649. The van der Waals surface area contributed by atoms with Crippen LogP contribution in [0, 0.1) is 0 Å². The maximum absolute atomic E-state index is 11.7. The lowest BCUT2D eigenvalue weighted by Crippen LogP contribution is -2.21. The van der Waals surface area contributed by atoms with E-state index >= 15 is 0 Å². The van der Waals surface area contributed by atoms with Crippen molar-refractivity contribution in [3.8, 4) is 0 Å². The van der Waals surface area contributed by atoms with Gasteiger partial charge in [0.2, 0.25) is 5.76 Å². The zero-order valence-corrected chi connectivity index (χ0v) is 9.95. The molecule has 1 N–H and O–H groups in total. The first kappa shape index (κ1) is 14.6. The molecule has 0 unspecified atom stereocenters. The Kier molecular flexibility index (Phi) is 6.31. The van der Waals surface area contributed by atoms with Gasteiger partial charge in [-0.25, -0.2) is 13.6 Å².